The normalized spacial score (nSPS) is 10.1. The highest BCUT2D eigenvalue weighted by Crippen LogP contribution is 2.13. The van der Waals surface area contributed by atoms with Crippen molar-refractivity contribution in [2.45, 2.75) is 0 Å². The zero-order valence-electron chi connectivity index (χ0n) is 3.64. The predicted octanol–water partition coefficient (Wildman–Crippen LogP) is -0.358. The molecule has 8 heavy (non-hydrogen) atoms. The second-order valence-corrected chi connectivity index (χ2v) is 1.70. The third kappa shape index (κ3) is 0.391. The van der Waals surface area contributed by atoms with E-state index in [0.29, 0.717) is 0 Å². The summed E-state index contributed by atoms with van der Waals surface area (Å²) in [4.78, 5) is 20.1. The Morgan fingerprint density at radius 3 is 1.88 bits per heavy atom. The second-order valence-electron chi connectivity index (χ2n) is 1.32. The van der Waals surface area contributed by atoms with Gasteiger partial charge >= 0.3 is 0 Å². The van der Waals surface area contributed by atoms with Gasteiger partial charge in [-0.25, -0.2) is 0 Å². The highest BCUT2D eigenvalue weighted by Gasteiger charge is 2.16. The first-order chi connectivity index (χ1) is 3.64. The average molecular weight is 133 g/mol. The van der Waals surface area contributed by atoms with E-state index in [0.717, 1.165) is 0 Å². The van der Waals surface area contributed by atoms with Gasteiger partial charge in [-0.15, -0.1) is 0 Å². The van der Waals surface area contributed by atoms with Gasteiger partial charge in [-0.1, -0.05) is 11.6 Å². The summed E-state index contributed by atoms with van der Waals surface area (Å²) in [6.07, 6.45) is 0. The van der Waals surface area contributed by atoms with Crippen LogP contribution in [0.4, 0.5) is 0 Å². The Bertz CT molecular complexity index is 251. The van der Waals surface area contributed by atoms with Gasteiger partial charge in [0.15, 0.2) is 5.75 Å². The number of hydrogen-bond donors (Lipinski definition) is 1. The van der Waals surface area contributed by atoms with Crippen LogP contribution in [-0.4, -0.2) is 5.11 Å². The van der Waals surface area contributed by atoms with Crippen LogP contribution in [0.2, 0.25) is 5.02 Å². The van der Waals surface area contributed by atoms with E-state index < -0.39 is 16.6 Å². The van der Waals surface area contributed by atoms with Crippen molar-refractivity contribution in [1.82, 2.24) is 0 Å². The molecule has 1 N–H and O–H groups in total. The topological polar surface area (TPSA) is 54.4 Å². The van der Waals surface area contributed by atoms with Gasteiger partial charge in [0.1, 0.15) is 5.02 Å². The van der Waals surface area contributed by atoms with Crippen molar-refractivity contribution in [1.29, 1.82) is 0 Å². The van der Waals surface area contributed by atoms with Crippen LogP contribution in [0.1, 0.15) is 0 Å². The molecule has 0 aliphatic rings. The van der Waals surface area contributed by atoms with Crippen LogP contribution in [0.5, 0.6) is 5.75 Å². The third-order valence-electron chi connectivity index (χ3n) is 0.829. The van der Waals surface area contributed by atoms with Crippen molar-refractivity contribution < 1.29 is 5.11 Å². The molecule has 0 heterocycles. The molecule has 0 unspecified atom stereocenters. The van der Waals surface area contributed by atoms with Gasteiger partial charge in [-0.3, -0.25) is 9.59 Å². The van der Waals surface area contributed by atoms with Crippen LogP contribution in [0.3, 0.4) is 0 Å². The number of halogens is 1. The summed E-state index contributed by atoms with van der Waals surface area (Å²) >= 11 is 5.00. The minimum Gasteiger partial charge on any atom is -0.503 e. The maximum Gasteiger partial charge on any atom is 0.270 e. The fourth-order valence-corrected chi connectivity index (χ4v) is 0.524. The zero-order valence-corrected chi connectivity index (χ0v) is 4.40. The molecule has 0 aliphatic carbocycles. The van der Waals surface area contributed by atoms with Gasteiger partial charge in [0.2, 0.25) is 0 Å². The SMILES string of the molecule is O=c1c(O)c(Cl)c1=O. The summed E-state index contributed by atoms with van der Waals surface area (Å²) in [6.45, 7) is 0. The van der Waals surface area contributed by atoms with E-state index in [2.05, 4.69) is 0 Å². The highest BCUT2D eigenvalue weighted by atomic mass is 35.5. The summed E-state index contributed by atoms with van der Waals surface area (Å²) in [5, 5.41) is 7.98. The van der Waals surface area contributed by atoms with E-state index in [9.17, 15) is 9.59 Å². The smallest absolute Gasteiger partial charge is 0.270 e. The molecular formula is C4HClO3. The fraction of sp³-hybridized carbons (Fsp3) is 0. The maximum atomic E-state index is 10.1. The Labute approximate surface area is 48.8 Å². The molecule has 0 radical (unpaired) electrons. The molecule has 42 valence electrons. The Morgan fingerprint density at radius 1 is 1.25 bits per heavy atom. The van der Waals surface area contributed by atoms with Crippen LogP contribution < -0.4 is 10.9 Å². The standard InChI is InChI=1S/C4HClO3/c5-1-2(6)4(8)3(1)7/h6H. The van der Waals surface area contributed by atoms with Crippen LogP contribution in [0, 0.1) is 0 Å². The molecule has 0 saturated carbocycles. The van der Waals surface area contributed by atoms with Gasteiger partial charge < -0.3 is 5.11 Å². The first-order valence-corrected chi connectivity index (χ1v) is 2.20. The van der Waals surface area contributed by atoms with Crippen molar-refractivity contribution in [2.75, 3.05) is 0 Å². The molecular weight excluding hydrogens is 131 g/mol. The Balaban J connectivity index is 3.48. The lowest BCUT2D eigenvalue weighted by atomic mass is 10.3. The molecule has 0 atom stereocenters. The lowest BCUT2D eigenvalue weighted by molar-refractivity contribution is 0.463. The summed E-state index contributed by atoms with van der Waals surface area (Å²) in [6, 6.07) is 0. The Morgan fingerprint density at radius 2 is 1.75 bits per heavy atom. The zero-order chi connectivity index (χ0) is 6.31. The van der Waals surface area contributed by atoms with E-state index in [1.165, 1.54) is 0 Å². The second kappa shape index (κ2) is 1.32. The monoisotopic (exact) mass is 132 g/mol. The van der Waals surface area contributed by atoms with Crippen molar-refractivity contribution in [3.05, 3.63) is 25.5 Å². The largest absolute Gasteiger partial charge is 0.503 e. The summed E-state index contributed by atoms with van der Waals surface area (Å²) in [5.41, 5.74) is -1.70. The summed E-state index contributed by atoms with van der Waals surface area (Å²) in [5.74, 6) is -0.614. The lowest BCUT2D eigenvalue weighted by Crippen LogP contribution is -2.29. The van der Waals surface area contributed by atoms with E-state index in [-0.39, 0.29) is 5.02 Å². The molecule has 1 aromatic rings. The van der Waals surface area contributed by atoms with Gasteiger partial charge in [0, 0.05) is 0 Å². The predicted molar refractivity (Wildman–Crippen MR) is 28.0 cm³/mol. The molecule has 3 nitrogen and oxygen atoms in total. The molecule has 1 aromatic carbocycles. The molecule has 0 aromatic heterocycles. The molecule has 0 amide bonds. The number of rotatable bonds is 0. The number of aromatic hydroxyl groups is 1. The van der Waals surface area contributed by atoms with Crippen molar-refractivity contribution in [3.63, 3.8) is 0 Å². The molecule has 0 aliphatic heterocycles. The molecule has 0 fully saturated rings. The minimum absolute atomic E-state index is 0.352. The minimum atomic E-state index is -0.894. The quantitative estimate of drug-likeness (QED) is 0.491. The Kier molecular flexibility index (Phi) is 0.877. The first-order valence-electron chi connectivity index (χ1n) is 1.82. The molecule has 0 saturated heterocycles. The van der Waals surface area contributed by atoms with Crippen LogP contribution in [0.25, 0.3) is 0 Å². The van der Waals surface area contributed by atoms with Gasteiger partial charge in [0.05, 0.1) is 0 Å². The van der Waals surface area contributed by atoms with E-state index in [1.54, 1.807) is 0 Å². The summed E-state index contributed by atoms with van der Waals surface area (Å²) < 4.78 is 0. The molecule has 0 spiro atoms. The van der Waals surface area contributed by atoms with Crippen molar-refractivity contribution in [3.8, 4) is 5.75 Å². The molecule has 4 heteroatoms. The van der Waals surface area contributed by atoms with Crippen LogP contribution >= 0.6 is 11.6 Å². The molecule has 1 rings (SSSR count). The van der Waals surface area contributed by atoms with E-state index >= 15 is 0 Å². The van der Waals surface area contributed by atoms with Crippen molar-refractivity contribution in [2.24, 2.45) is 0 Å². The van der Waals surface area contributed by atoms with E-state index in [4.69, 9.17) is 16.7 Å². The first kappa shape index (κ1) is 5.31. The van der Waals surface area contributed by atoms with Gasteiger partial charge in [-0.05, 0) is 0 Å². The van der Waals surface area contributed by atoms with Crippen molar-refractivity contribution >= 4 is 11.6 Å². The van der Waals surface area contributed by atoms with Crippen LogP contribution in [-0.2, 0) is 0 Å². The van der Waals surface area contributed by atoms with Crippen LogP contribution in [0.15, 0.2) is 9.59 Å². The average Bonchev–Trinajstić information content (AvgIpc) is 1.83. The fourth-order valence-electron chi connectivity index (χ4n) is 0.352. The van der Waals surface area contributed by atoms with Gasteiger partial charge in [-0.2, -0.15) is 0 Å². The Hall–Kier alpha value is -0.830. The third-order valence-corrected chi connectivity index (χ3v) is 1.18. The summed E-state index contributed by atoms with van der Waals surface area (Å²) in [7, 11) is 0. The van der Waals surface area contributed by atoms with Gasteiger partial charge in [0.25, 0.3) is 10.9 Å². The van der Waals surface area contributed by atoms with E-state index in [1.807, 2.05) is 0 Å². The maximum absolute atomic E-state index is 10.1. The lowest BCUT2D eigenvalue weighted by Gasteiger charge is -1.91. The molecule has 0 bridgehead atoms. The number of hydrogen-bond acceptors (Lipinski definition) is 3. The highest BCUT2D eigenvalue weighted by molar-refractivity contribution is 6.32.